The zero-order chi connectivity index (χ0) is 26.8. The van der Waals surface area contributed by atoms with Crippen LogP contribution in [0.2, 0.25) is 0 Å². The number of benzene rings is 1. The van der Waals surface area contributed by atoms with Crippen LogP contribution < -0.4 is 10.6 Å². The molecule has 0 fully saturated rings. The van der Waals surface area contributed by atoms with E-state index in [0.29, 0.717) is 0 Å². The first kappa shape index (κ1) is 24.2. The Morgan fingerprint density at radius 2 is 1.00 bits per heavy atom. The molecule has 0 saturated heterocycles. The summed E-state index contributed by atoms with van der Waals surface area (Å²) in [5, 5.41) is 44.9. The molecule has 1 aromatic carbocycles. The molecule has 4 aromatic heterocycles. The SMILES string of the molecule is Cc1cc(C)n(-c2nnc(NC(=O)c3cccc(C(=O)Nc4nnc(-n5nc(C)cc5C)nn4)c3)nn2)n1. The maximum Gasteiger partial charge on any atom is 0.289 e. The van der Waals surface area contributed by atoms with Crippen LogP contribution in [0.4, 0.5) is 11.9 Å². The highest BCUT2D eigenvalue weighted by atomic mass is 16.2. The van der Waals surface area contributed by atoms with Gasteiger partial charge in [0.15, 0.2) is 0 Å². The molecule has 0 aliphatic carbocycles. The van der Waals surface area contributed by atoms with Gasteiger partial charge < -0.3 is 0 Å². The summed E-state index contributed by atoms with van der Waals surface area (Å²) in [6.07, 6.45) is 0. The Bertz CT molecular complexity index is 1520. The Morgan fingerprint density at radius 1 is 0.605 bits per heavy atom. The van der Waals surface area contributed by atoms with Crippen molar-refractivity contribution in [1.29, 1.82) is 0 Å². The first-order valence-corrected chi connectivity index (χ1v) is 11.2. The average Bonchev–Trinajstić information content (AvgIpc) is 3.43. The van der Waals surface area contributed by atoms with Crippen molar-refractivity contribution in [2.75, 3.05) is 10.6 Å². The number of anilines is 2. The molecule has 16 nitrogen and oxygen atoms in total. The Balaban J connectivity index is 1.24. The van der Waals surface area contributed by atoms with Gasteiger partial charge >= 0.3 is 0 Å². The lowest BCUT2D eigenvalue weighted by Crippen LogP contribution is -2.19. The zero-order valence-corrected chi connectivity index (χ0v) is 20.6. The number of nitrogens with zero attached hydrogens (tertiary/aromatic N) is 12. The van der Waals surface area contributed by atoms with Crippen molar-refractivity contribution >= 4 is 23.7 Å². The topological polar surface area (TPSA) is 197 Å². The van der Waals surface area contributed by atoms with Crippen molar-refractivity contribution in [3.63, 3.8) is 0 Å². The Kier molecular flexibility index (Phi) is 6.26. The van der Waals surface area contributed by atoms with Crippen molar-refractivity contribution in [3.8, 4) is 11.9 Å². The fourth-order valence-corrected chi connectivity index (χ4v) is 3.53. The van der Waals surface area contributed by atoms with Crippen LogP contribution in [0.25, 0.3) is 11.9 Å². The minimum Gasteiger partial charge on any atom is -0.288 e. The molecule has 0 aliphatic heterocycles. The average molecular weight is 512 g/mol. The molecule has 5 rings (SSSR count). The van der Waals surface area contributed by atoms with Crippen molar-refractivity contribution in [1.82, 2.24) is 60.4 Å². The molecule has 190 valence electrons. The number of aromatic nitrogens is 12. The first-order chi connectivity index (χ1) is 18.3. The Morgan fingerprint density at radius 3 is 1.34 bits per heavy atom. The molecular formula is C22H20N14O2. The number of carbonyl (C=O) groups excluding carboxylic acids is 2. The van der Waals surface area contributed by atoms with E-state index >= 15 is 0 Å². The summed E-state index contributed by atoms with van der Waals surface area (Å²) >= 11 is 0. The van der Waals surface area contributed by atoms with Gasteiger partial charge in [-0.05, 0) is 58.0 Å². The molecule has 38 heavy (non-hydrogen) atoms. The summed E-state index contributed by atoms with van der Waals surface area (Å²) in [6.45, 7) is 7.38. The van der Waals surface area contributed by atoms with Gasteiger partial charge in [0.05, 0.1) is 11.4 Å². The maximum atomic E-state index is 12.7. The molecule has 0 atom stereocenters. The summed E-state index contributed by atoms with van der Waals surface area (Å²) in [6, 6.07) is 9.72. The maximum absolute atomic E-state index is 12.7. The predicted molar refractivity (Wildman–Crippen MR) is 131 cm³/mol. The van der Waals surface area contributed by atoms with Crippen LogP contribution in [0.1, 0.15) is 43.5 Å². The molecule has 4 heterocycles. The summed E-state index contributed by atoms with van der Waals surface area (Å²) in [7, 11) is 0. The van der Waals surface area contributed by atoms with E-state index in [4.69, 9.17) is 0 Å². The van der Waals surface area contributed by atoms with Gasteiger partial charge in [0.25, 0.3) is 35.6 Å². The lowest BCUT2D eigenvalue weighted by atomic mass is 10.1. The molecule has 0 spiro atoms. The van der Waals surface area contributed by atoms with E-state index < -0.39 is 11.8 Å². The van der Waals surface area contributed by atoms with Crippen molar-refractivity contribution in [2.24, 2.45) is 0 Å². The lowest BCUT2D eigenvalue weighted by molar-refractivity contribution is 0.102. The molecule has 5 aromatic rings. The van der Waals surface area contributed by atoms with Crippen LogP contribution in [0.5, 0.6) is 0 Å². The van der Waals surface area contributed by atoms with Crippen LogP contribution in [0.3, 0.4) is 0 Å². The molecule has 0 unspecified atom stereocenters. The molecular weight excluding hydrogens is 492 g/mol. The summed E-state index contributed by atoms with van der Waals surface area (Å²) < 4.78 is 2.98. The number of rotatable bonds is 6. The molecule has 0 radical (unpaired) electrons. The number of nitrogens with one attached hydrogen (secondary N) is 2. The van der Waals surface area contributed by atoms with Gasteiger partial charge in [0.2, 0.25) is 0 Å². The number of amides is 2. The summed E-state index contributed by atoms with van der Waals surface area (Å²) in [5.74, 6) is -0.999. The van der Waals surface area contributed by atoms with E-state index in [1.54, 1.807) is 6.07 Å². The van der Waals surface area contributed by atoms with Gasteiger partial charge in [-0.25, -0.2) is 9.36 Å². The molecule has 2 amide bonds. The highest BCUT2D eigenvalue weighted by molar-refractivity contribution is 6.07. The lowest BCUT2D eigenvalue weighted by Gasteiger charge is -2.07. The van der Waals surface area contributed by atoms with E-state index in [-0.39, 0.29) is 34.9 Å². The number of hydrogen-bond donors (Lipinski definition) is 2. The number of aryl methyl sites for hydroxylation is 4. The van der Waals surface area contributed by atoms with E-state index in [1.807, 2.05) is 39.8 Å². The quantitative estimate of drug-likeness (QED) is 0.327. The van der Waals surface area contributed by atoms with Gasteiger partial charge in [0, 0.05) is 22.5 Å². The third-order valence-corrected chi connectivity index (χ3v) is 5.17. The second kappa shape index (κ2) is 9.84. The molecule has 0 aliphatic rings. The normalized spacial score (nSPS) is 10.8. The molecule has 16 heteroatoms. The third kappa shape index (κ3) is 5.03. The largest absolute Gasteiger partial charge is 0.289 e. The van der Waals surface area contributed by atoms with Gasteiger partial charge in [-0.15, -0.1) is 40.8 Å². The van der Waals surface area contributed by atoms with Gasteiger partial charge in [-0.1, -0.05) is 6.07 Å². The van der Waals surface area contributed by atoms with Crippen molar-refractivity contribution < 1.29 is 9.59 Å². The minimum atomic E-state index is -0.559. The smallest absolute Gasteiger partial charge is 0.288 e. The second-order valence-corrected chi connectivity index (χ2v) is 8.21. The van der Waals surface area contributed by atoms with Gasteiger partial charge in [-0.2, -0.15) is 10.2 Å². The van der Waals surface area contributed by atoms with Crippen LogP contribution >= 0.6 is 0 Å². The minimum absolute atomic E-state index is 0.108. The number of carbonyl (C=O) groups is 2. The van der Waals surface area contributed by atoms with E-state index in [0.717, 1.165) is 22.8 Å². The fourth-order valence-electron chi connectivity index (χ4n) is 3.53. The van der Waals surface area contributed by atoms with Crippen molar-refractivity contribution in [3.05, 3.63) is 70.3 Å². The van der Waals surface area contributed by atoms with Crippen LogP contribution in [-0.4, -0.2) is 72.2 Å². The monoisotopic (exact) mass is 512 g/mol. The molecule has 2 N–H and O–H groups in total. The highest BCUT2D eigenvalue weighted by Gasteiger charge is 2.15. The standard InChI is InChI=1S/C22H20N14O2/c1-11-8-13(3)35(33-11)21-29-25-19(26-30-21)23-17(37)15-6-5-7-16(10-15)18(38)24-20-27-31-22(32-28-20)36-14(4)9-12(2)34-36/h5-10H,1-4H3,(H,23,25,26,37)(H,24,27,28,38). The first-order valence-electron chi connectivity index (χ1n) is 11.2. The predicted octanol–water partition coefficient (Wildman–Crippen LogP) is 0.956. The molecule has 0 bridgehead atoms. The van der Waals surface area contributed by atoms with Gasteiger partial charge in [0.1, 0.15) is 0 Å². The highest BCUT2D eigenvalue weighted by Crippen LogP contribution is 2.11. The van der Waals surface area contributed by atoms with Crippen LogP contribution in [-0.2, 0) is 0 Å². The molecule has 0 saturated carbocycles. The Labute approximate surface area is 214 Å². The second-order valence-electron chi connectivity index (χ2n) is 8.21. The summed E-state index contributed by atoms with van der Waals surface area (Å²) in [4.78, 5) is 25.4. The van der Waals surface area contributed by atoms with Crippen molar-refractivity contribution in [2.45, 2.75) is 27.7 Å². The van der Waals surface area contributed by atoms with Gasteiger partial charge in [-0.3, -0.25) is 20.2 Å². The summed E-state index contributed by atoms with van der Waals surface area (Å²) in [5.41, 5.74) is 3.58. The fraction of sp³-hybridized carbons (Fsp3) is 0.182. The van der Waals surface area contributed by atoms with E-state index in [1.165, 1.54) is 27.6 Å². The third-order valence-electron chi connectivity index (χ3n) is 5.17. The number of hydrogen-bond acceptors (Lipinski definition) is 12. The zero-order valence-electron chi connectivity index (χ0n) is 20.6. The van der Waals surface area contributed by atoms with Crippen LogP contribution in [0, 0.1) is 27.7 Å². The van der Waals surface area contributed by atoms with Crippen LogP contribution in [0.15, 0.2) is 36.4 Å². The Hall–Kier alpha value is -5.54. The van der Waals surface area contributed by atoms with E-state index in [2.05, 4.69) is 61.6 Å². The van der Waals surface area contributed by atoms with E-state index in [9.17, 15) is 9.59 Å².